The van der Waals surface area contributed by atoms with Crippen molar-refractivity contribution in [1.29, 1.82) is 0 Å². The summed E-state index contributed by atoms with van der Waals surface area (Å²) < 4.78 is 0. The number of guanidine groups is 1. The van der Waals surface area contributed by atoms with Crippen LogP contribution in [0.5, 0.6) is 0 Å². The average molecular weight is 260 g/mol. The van der Waals surface area contributed by atoms with Crippen LogP contribution in [0.2, 0.25) is 0 Å². The summed E-state index contributed by atoms with van der Waals surface area (Å²) in [5.74, 6) is 0.409. The highest BCUT2D eigenvalue weighted by atomic mass is 16.2. The van der Waals surface area contributed by atoms with Crippen LogP contribution in [0.4, 0.5) is 0 Å². The molecule has 1 amide bonds. The maximum atomic E-state index is 11.8. The van der Waals surface area contributed by atoms with E-state index in [9.17, 15) is 4.79 Å². The van der Waals surface area contributed by atoms with Gasteiger partial charge in [-0.05, 0) is 18.4 Å². The summed E-state index contributed by atoms with van der Waals surface area (Å²) in [4.78, 5) is 17.8. The molecule has 1 aromatic carbocycles. The number of aliphatic imine (C=N–C) groups is 1. The zero-order valence-corrected chi connectivity index (χ0v) is 11.0. The Morgan fingerprint density at radius 3 is 2.63 bits per heavy atom. The third-order valence-electron chi connectivity index (χ3n) is 3.15. The van der Waals surface area contributed by atoms with Crippen LogP contribution in [0.15, 0.2) is 35.3 Å². The normalized spacial score (nSPS) is 15.6. The van der Waals surface area contributed by atoms with Crippen LogP contribution in [-0.4, -0.2) is 36.4 Å². The van der Waals surface area contributed by atoms with E-state index in [2.05, 4.69) is 10.3 Å². The molecule has 0 spiro atoms. The number of likely N-dealkylation sites (tertiary alicyclic amines) is 1. The van der Waals surface area contributed by atoms with Gasteiger partial charge >= 0.3 is 0 Å². The van der Waals surface area contributed by atoms with E-state index in [1.807, 2.05) is 35.2 Å². The molecule has 0 saturated carbocycles. The highest BCUT2D eigenvalue weighted by Crippen LogP contribution is 2.06. The topological polar surface area (TPSA) is 70.7 Å². The summed E-state index contributed by atoms with van der Waals surface area (Å²) in [5.41, 5.74) is 6.83. The number of hydrogen-bond donors (Lipinski definition) is 2. The third kappa shape index (κ3) is 4.28. The number of carbonyl (C=O) groups is 1. The number of nitrogens with two attached hydrogens (primary N) is 1. The molecule has 1 heterocycles. The molecule has 102 valence electrons. The van der Waals surface area contributed by atoms with E-state index in [0.29, 0.717) is 12.5 Å². The van der Waals surface area contributed by atoms with Crippen LogP contribution in [0.1, 0.15) is 18.4 Å². The van der Waals surface area contributed by atoms with Crippen LogP contribution in [0.25, 0.3) is 0 Å². The van der Waals surface area contributed by atoms with E-state index >= 15 is 0 Å². The van der Waals surface area contributed by atoms with Crippen molar-refractivity contribution in [2.75, 3.05) is 19.6 Å². The average Bonchev–Trinajstić information content (AvgIpc) is 2.98. The largest absolute Gasteiger partial charge is 0.370 e. The summed E-state index contributed by atoms with van der Waals surface area (Å²) in [6, 6.07) is 9.87. The fraction of sp³-hybridized carbons (Fsp3) is 0.429. The first-order valence-electron chi connectivity index (χ1n) is 6.61. The van der Waals surface area contributed by atoms with Crippen molar-refractivity contribution < 1.29 is 4.79 Å². The minimum Gasteiger partial charge on any atom is -0.370 e. The van der Waals surface area contributed by atoms with Crippen molar-refractivity contribution in [3.8, 4) is 0 Å². The Kier molecular flexibility index (Phi) is 4.78. The SMILES string of the molecule is NC(=NCc1ccccc1)NCC(=O)N1CCCC1. The number of amides is 1. The molecule has 1 aliphatic rings. The lowest BCUT2D eigenvalue weighted by molar-refractivity contribution is -0.128. The van der Waals surface area contributed by atoms with Gasteiger partial charge in [0, 0.05) is 13.1 Å². The molecule has 1 fully saturated rings. The van der Waals surface area contributed by atoms with E-state index in [1.165, 1.54) is 0 Å². The Morgan fingerprint density at radius 1 is 1.26 bits per heavy atom. The van der Waals surface area contributed by atoms with Gasteiger partial charge < -0.3 is 16.0 Å². The van der Waals surface area contributed by atoms with Gasteiger partial charge in [-0.1, -0.05) is 30.3 Å². The fourth-order valence-corrected chi connectivity index (χ4v) is 2.06. The van der Waals surface area contributed by atoms with Gasteiger partial charge in [-0.25, -0.2) is 4.99 Å². The molecule has 0 bridgehead atoms. The van der Waals surface area contributed by atoms with Crippen LogP contribution < -0.4 is 11.1 Å². The summed E-state index contributed by atoms with van der Waals surface area (Å²) in [6.07, 6.45) is 2.20. The molecule has 0 aliphatic carbocycles. The number of rotatable bonds is 4. The van der Waals surface area contributed by atoms with Gasteiger partial charge in [-0.2, -0.15) is 0 Å². The first-order valence-corrected chi connectivity index (χ1v) is 6.61. The lowest BCUT2D eigenvalue weighted by Gasteiger charge is -2.15. The molecule has 19 heavy (non-hydrogen) atoms. The molecule has 5 nitrogen and oxygen atoms in total. The van der Waals surface area contributed by atoms with E-state index < -0.39 is 0 Å². The van der Waals surface area contributed by atoms with Gasteiger partial charge in [-0.15, -0.1) is 0 Å². The molecule has 1 saturated heterocycles. The van der Waals surface area contributed by atoms with Gasteiger partial charge in [-0.3, -0.25) is 4.79 Å². The molecule has 2 rings (SSSR count). The minimum absolute atomic E-state index is 0.0929. The Bertz CT molecular complexity index is 438. The Hall–Kier alpha value is -2.04. The summed E-state index contributed by atoms with van der Waals surface area (Å²) in [7, 11) is 0. The highest BCUT2D eigenvalue weighted by molar-refractivity contribution is 5.85. The van der Waals surface area contributed by atoms with Crippen LogP contribution in [-0.2, 0) is 11.3 Å². The second-order valence-corrected chi connectivity index (χ2v) is 4.63. The lowest BCUT2D eigenvalue weighted by Crippen LogP contribution is -2.41. The smallest absolute Gasteiger partial charge is 0.241 e. The summed E-state index contributed by atoms with van der Waals surface area (Å²) in [5, 5.41) is 2.87. The van der Waals surface area contributed by atoms with Crippen molar-refractivity contribution in [2.24, 2.45) is 10.7 Å². The molecular formula is C14H20N4O. The molecule has 0 radical (unpaired) electrons. The number of hydrogen-bond acceptors (Lipinski definition) is 2. The van der Waals surface area contributed by atoms with E-state index in [4.69, 9.17) is 5.73 Å². The Balaban J connectivity index is 1.74. The van der Waals surface area contributed by atoms with Gasteiger partial charge in [0.1, 0.15) is 0 Å². The first-order chi connectivity index (χ1) is 9.25. The quantitative estimate of drug-likeness (QED) is 0.619. The third-order valence-corrected chi connectivity index (χ3v) is 3.15. The summed E-state index contributed by atoms with van der Waals surface area (Å²) >= 11 is 0. The first kappa shape index (κ1) is 13.4. The van der Waals surface area contributed by atoms with Gasteiger partial charge in [0.15, 0.2) is 5.96 Å². The monoisotopic (exact) mass is 260 g/mol. The van der Waals surface area contributed by atoms with E-state index in [-0.39, 0.29) is 12.5 Å². The van der Waals surface area contributed by atoms with Crippen molar-refractivity contribution in [1.82, 2.24) is 10.2 Å². The zero-order chi connectivity index (χ0) is 13.5. The molecule has 1 aliphatic heterocycles. The molecule has 0 aromatic heterocycles. The van der Waals surface area contributed by atoms with E-state index in [1.54, 1.807) is 0 Å². The Labute approximate surface area is 113 Å². The predicted molar refractivity (Wildman–Crippen MR) is 75.6 cm³/mol. The predicted octanol–water partition coefficient (Wildman–Crippen LogP) is 0.713. The fourth-order valence-electron chi connectivity index (χ4n) is 2.06. The second-order valence-electron chi connectivity index (χ2n) is 4.63. The van der Waals surface area contributed by atoms with Crippen molar-refractivity contribution in [2.45, 2.75) is 19.4 Å². The summed E-state index contributed by atoms with van der Waals surface area (Å²) in [6.45, 7) is 2.48. The zero-order valence-electron chi connectivity index (χ0n) is 11.0. The van der Waals surface area contributed by atoms with Crippen molar-refractivity contribution in [3.63, 3.8) is 0 Å². The maximum Gasteiger partial charge on any atom is 0.241 e. The number of carbonyl (C=O) groups excluding carboxylic acids is 1. The molecule has 1 aromatic rings. The van der Waals surface area contributed by atoms with Crippen molar-refractivity contribution in [3.05, 3.63) is 35.9 Å². The number of benzene rings is 1. The minimum atomic E-state index is 0.0929. The van der Waals surface area contributed by atoms with Crippen molar-refractivity contribution >= 4 is 11.9 Å². The van der Waals surface area contributed by atoms with Crippen LogP contribution in [0.3, 0.4) is 0 Å². The molecule has 0 atom stereocenters. The van der Waals surface area contributed by atoms with Gasteiger partial charge in [0.2, 0.25) is 5.91 Å². The molecule has 3 N–H and O–H groups in total. The van der Waals surface area contributed by atoms with Gasteiger partial charge in [0.25, 0.3) is 0 Å². The van der Waals surface area contributed by atoms with E-state index in [0.717, 1.165) is 31.5 Å². The van der Waals surface area contributed by atoms with Crippen LogP contribution >= 0.6 is 0 Å². The molecule has 0 unspecified atom stereocenters. The molecule has 5 heteroatoms. The van der Waals surface area contributed by atoms with Crippen LogP contribution in [0, 0.1) is 0 Å². The maximum absolute atomic E-state index is 11.8. The number of nitrogens with zero attached hydrogens (tertiary/aromatic N) is 2. The Morgan fingerprint density at radius 2 is 1.95 bits per heavy atom. The highest BCUT2D eigenvalue weighted by Gasteiger charge is 2.17. The lowest BCUT2D eigenvalue weighted by atomic mass is 10.2. The standard InChI is InChI=1S/C14H20N4O/c15-14(16-10-12-6-2-1-3-7-12)17-11-13(19)18-8-4-5-9-18/h1-3,6-7H,4-5,8-11H2,(H3,15,16,17). The number of nitrogens with one attached hydrogen (secondary N) is 1. The van der Waals surface area contributed by atoms with Gasteiger partial charge in [0.05, 0.1) is 13.1 Å². The second kappa shape index (κ2) is 6.78. The molecular weight excluding hydrogens is 240 g/mol.